The van der Waals surface area contributed by atoms with Crippen LogP contribution in [0.15, 0.2) is 44.9 Å². The molecule has 2 atom stereocenters. The molecule has 9 heteroatoms. The van der Waals surface area contributed by atoms with Gasteiger partial charge in [0.1, 0.15) is 18.7 Å². The first kappa shape index (κ1) is 22.5. The van der Waals surface area contributed by atoms with E-state index in [1.807, 2.05) is 19.9 Å². The lowest BCUT2D eigenvalue weighted by atomic mass is 10.00. The van der Waals surface area contributed by atoms with Crippen molar-refractivity contribution in [2.75, 3.05) is 6.61 Å². The lowest BCUT2D eigenvalue weighted by molar-refractivity contribution is 0.109. The quantitative estimate of drug-likeness (QED) is 0.569. The number of benzene rings is 1. The summed E-state index contributed by atoms with van der Waals surface area (Å²) in [6, 6.07) is 6.38. The highest BCUT2D eigenvalue weighted by molar-refractivity contribution is 5.59. The molecule has 3 aromatic rings. The van der Waals surface area contributed by atoms with Crippen molar-refractivity contribution >= 4 is 12.0 Å². The highest BCUT2D eigenvalue weighted by Crippen LogP contribution is 2.37. The van der Waals surface area contributed by atoms with Gasteiger partial charge in [-0.2, -0.15) is 4.98 Å². The fourth-order valence-corrected chi connectivity index (χ4v) is 3.34. The van der Waals surface area contributed by atoms with Crippen molar-refractivity contribution in [2.24, 2.45) is 4.99 Å². The third kappa shape index (κ3) is 5.11. The maximum atomic E-state index is 13.4. The zero-order valence-electron chi connectivity index (χ0n) is 18.1. The Morgan fingerprint density at radius 2 is 2.16 bits per heavy atom. The van der Waals surface area contributed by atoms with Crippen molar-refractivity contribution in [3.05, 3.63) is 69.6 Å². The molecule has 31 heavy (non-hydrogen) atoms. The fourth-order valence-electron chi connectivity index (χ4n) is 3.34. The topological polar surface area (TPSA) is 95.4 Å². The van der Waals surface area contributed by atoms with Crippen molar-refractivity contribution in [3.8, 4) is 0 Å². The van der Waals surface area contributed by atoms with E-state index in [0.717, 1.165) is 5.56 Å². The molecular weight excluding hydrogens is 401 g/mol. The summed E-state index contributed by atoms with van der Waals surface area (Å²) in [7, 11) is 0. The second kappa shape index (κ2) is 10.2. The van der Waals surface area contributed by atoms with Crippen LogP contribution in [0, 0.1) is 12.7 Å². The Balaban J connectivity index is 0.00000132. The predicted octanol–water partition coefficient (Wildman–Crippen LogP) is 4.12. The van der Waals surface area contributed by atoms with Crippen molar-refractivity contribution in [2.45, 2.75) is 52.7 Å². The molecule has 0 unspecified atom stereocenters. The highest BCUT2D eigenvalue weighted by atomic mass is 19.1. The van der Waals surface area contributed by atoms with Gasteiger partial charge in [0.2, 0.25) is 5.89 Å². The van der Waals surface area contributed by atoms with Gasteiger partial charge in [-0.25, -0.2) is 14.4 Å². The molecule has 1 saturated heterocycles. The van der Waals surface area contributed by atoms with E-state index < -0.39 is 0 Å². The molecule has 0 amide bonds. The Labute approximate surface area is 179 Å². The molecule has 0 aliphatic carbocycles. The number of rotatable bonds is 5. The first-order chi connectivity index (χ1) is 15.0. The van der Waals surface area contributed by atoms with Gasteiger partial charge in [0.15, 0.2) is 11.6 Å². The SMILES string of the molecule is C/C=N\c1ncn(Cc2nc([C@@H]3CO[C@@H](c4cccc(F)c4)C3)no2)c(=O)c1C.CC. The van der Waals surface area contributed by atoms with Gasteiger partial charge in [0.25, 0.3) is 5.56 Å². The standard InChI is InChI=1S/C20H20FN5O3.C2H6/c1-3-22-18-12(2)20(27)26(11-23-18)9-17-24-19(25-29-17)14-8-16(28-10-14)13-5-4-6-15(21)7-13;1-2/h3-7,11,14,16H,8-10H2,1-2H3;1-2H3/b22-3-;/t14-,16+;/m0./s1. The van der Waals surface area contributed by atoms with E-state index in [1.165, 1.54) is 23.0 Å². The Bertz CT molecular complexity index is 1110. The van der Waals surface area contributed by atoms with Crippen LogP contribution in [0.5, 0.6) is 0 Å². The number of aliphatic imine (C=N–C) groups is 1. The summed E-state index contributed by atoms with van der Waals surface area (Å²) in [5.74, 6) is 0.875. The van der Waals surface area contributed by atoms with E-state index in [0.29, 0.717) is 36.1 Å². The number of halogens is 1. The van der Waals surface area contributed by atoms with Gasteiger partial charge >= 0.3 is 0 Å². The maximum Gasteiger partial charge on any atom is 0.258 e. The summed E-state index contributed by atoms with van der Waals surface area (Å²) in [6.07, 6.45) is 3.43. The van der Waals surface area contributed by atoms with E-state index >= 15 is 0 Å². The van der Waals surface area contributed by atoms with E-state index in [4.69, 9.17) is 9.26 Å². The summed E-state index contributed by atoms with van der Waals surface area (Å²) in [4.78, 5) is 25.1. The lowest BCUT2D eigenvalue weighted by Gasteiger charge is -2.09. The minimum atomic E-state index is -0.290. The van der Waals surface area contributed by atoms with Crippen LogP contribution in [-0.4, -0.2) is 32.5 Å². The van der Waals surface area contributed by atoms with Gasteiger partial charge in [-0.1, -0.05) is 31.1 Å². The molecule has 1 aliphatic heterocycles. The van der Waals surface area contributed by atoms with Gasteiger partial charge in [-0.3, -0.25) is 9.36 Å². The summed E-state index contributed by atoms with van der Waals surface area (Å²) in [5, 5.41) is 4.04. The molecule has 0 saturated carbocycles. The van der Waals surface area contributed by atoms with Gasteiger partial charge < -0.3 is 9.26 Å². The first-order valence-electron chi connectivity index (χ1n) is 10.3. The molecule has 0 bridgehead atoms. The van der Waals surface area contributed by atoms with Crippen LogP contribution in [0.25, 0.3) is 0 Å². The van der Waals surface area contributed by atoms with Crippen LogP contribution in [0.1, 0.15) is 62.1 Å². The highest BCUT2D eigenvalue weighted by Gasteiger charge is 2.31. The summed E-state index contributed by atoms with van der Waals surface area (Å²) >= 11 is 0. The van der Waals surface area contributed by atoms with Gasteiger partial charge in [0.05, 0.1) is 18.3 Å². The van der Waals surface area contributed by atoms with Crippen LogP contribution < -0.4 is 5.56 Å². The number of nitrogens with zero attached hydrogens (tertiary/aromatic N) is 5. The van der Waals surface area contributed by atoms with Crippen molar-refractivity contribution in [1.29, 1.82) is 0 Å². The fraction of sp³-hybridized carbons (Fsp3) is 0.409. The number of hydrogen-bond donors (Lipinski definition) is 0. The van der Waals surface area contributed by atoms with Crippen LogP contribution in [0.4, 0.5) is 10.2 Å². The smallest absolute Gasteiger partial charge is 0.258 e. The molecule has 1 aromatic carbocycles. The molecule has 0 radical (unpaired) electrons. The average Bonchev–Trinajstić information content (AvgIpc) is 3.45. The summed E-state index contributed by atoms with van der Waals surface area (Å²) < 4.78 is 26.0. The second-order valence-corrected chi connectivity index (χ2v) is 6.87. The minimum Gasteiger partial charge on any atom is -0.373 e. The number of hydrogen-bond acceptors (Lipinski definition) is 7. The van der Waals surface area contributed by atoms with Crippen LogP contribution in [-0.2, 0) is 11.3 Å². The Morgan fingerprint density at radius 3 is 2.90 bits per heavy atom. The number of aromatic nitrogens is 4. The Morgan fingerprint density at radius 1 is 1.35 bits per heavy atom. The molecule has 1 fully saturated rings. The molecule has 1 aliphatic rings. The van der Waals surface area contributed by atoms with Crippen molar-refractivity contribution < 1.29 is 13.7 Å². The van der Waals surface area contributed by atoms with Crippen LogP contribution in [0.3, 0.4) is 0 Å². The normalized spacial score (nSPS) is 18.2. The van der Waals surface area contributed by atoms with Gasteiger partial charge in [-0.05, 0) is 38.0 Å². The second-order valence-electron chi connectivity index (χ2n) is 6.87. The van der Waals surface area contributed by atoms with Gasteiger partial charge in [0, 0.05) is 12.1 Å². The van der Waals surface area contributed by atoms with Gasteiger partial charge in [-0.15, -0.1) is 0 Å². The third-order valence-electron chi connectivity index (χ3n) is 4.86. The molecular formula is C22H26FN5O3. The van der Waals surface area contributed by atoms with E-state index in [2.05, 4.69) is 20.1 Å². The minimum absolute atomic E-state index is 0.0568. The Hall–Kier alpha value is -3.20. The summed E-state index contributed by atoms with van der Waals surface area (Å²) in [6.45, 7) is 7.98. The molecule has 3 heterocycles. The predicted molar refractivity (Wildman–Crippen MR) is 114 cm³/mol. The molecule has 8 nitrogen and oxygen atoms in total. The monoisotopic (exact) mass is 427 g/mol. The Kier molecular flexibility index (Phi) is 7.41. The lowest BCUT2D eigenvalue weighted by Crippen LogP contribution is -2.23. The largest absolute Gasteiger partial charge is 0.373 e. The van der Waals surface area contributed by atoms with E-state index in [1.54, 1.807) is 26.1 Å². The third-order valence-corrected chi connectivity index (χ3v) is 4.86. The average molecular weight is 427 g/mol. The first-order valence-corrected chi connectivity index (χ1v) is 10.3. The van der Waals surface area contributed by atoms with E-state index in [-0.39, 0.29) is 29.9 Å². The van der Waals surface area contributed by atoms with Crippen LogP contribution in [0.2, 0.25) is 0 Å². The van der Waals surface area contributed by atoms with Crippen molar-refractivity contribution in [1.82, 2.24) is 19.7 Å². The van der Waals surface area contributed by atoms with E-state index in [9.17, 15) is 9.18 Å². The number of ether oxygens (including phenoxy) is 1. The zero-order chi connectivity index (χ0) is 22.4. The molecule has 0 spiro atoms. The molecule has 164 valence electrons. The maximum absolute atomic E-state index is 13.4. The molecule has 4 rings (SSSR count). The molecule has 0 N–H and O–H groups in total. The molecule has 2 aromatic heterocycles. The van der Waals surface area contributed by atoms with Crippen molar-refractivity contribution in [3.63, 3.8) is 0 Å². The zero-order valence-corrected chi connectivity index (χ0v) is 18.1. The van der Waals surface area contributed by atoms with Crippen LogP contribution >= 0.6 is 0 Å². The summed E-state index contributed by atoms with van der Waals surface area (Å²) in [5.41, 5.74) is 1.03.